The Morgan fingerprint density at radius 1 is 1.38 bits per heavy atom. The minimum Gasteiger partial charge on any atom is -0.226 e. The summed E-state index contributed by atoms with van der Waals surface area (Å²) in [7, 11) is 0. The molecule has 1 heterocycles. The van der Waals surface area contributed by atoms with Gasteiger partial charge in [0.25, 0.3) is 0 Å². The summed E-state index contributed by atoms with van der Waals surface area (Å²) < 4.78 is 0. The van der Waals surface area contributed by atoms with Crippen LogP contribution >= 0.6 is 23.4 Å². The summed E-state index contributed by atoms with van der Waals surface area (Å²) in [6, 6.07) is 1.88. The number of hydrogen-bond acceptors (Lipinski definition) is 3. The van der Waals surface area contributed by atoms with Gasteiger partial charge in [-0.1, -0.05) is 20.8 Å². The fourth-order valence-corrected chi connectivity index (χ4v) is 1.84. The normalized spacial score (nSPS) is 13.3. The second kappa shape index (κ2) is 4.82. The lowest BCUT2D eigenvalue weighted by atomic mass is 10.2. The van der Waals surface area contributed by atoms with Gasteiger partial charge < -0.3 is 0 Å². The van der Waals surface area contributed by atoms with E-state index >= 15 is 0 Å². The van der Waals surface area contributed by atoms with Crippen molar-refractivity contribution in [3.05, 3.63) is 17.5 Å². The van der Waals surface area contributed by atoms with Crippen LogP contribution in [0.15, 0.2) is 17.3 Å². The standard InChI is InChI=1S/C9H13ClN2S/c1-6(2)7(3)13-8-4-5-11-9(10)12-8/h4-7H,1-3H3. The summed E-state index contributed by atoms with van der Waals surface area (Å²) in [6.45, 7) is 6.58. The van der Waals surface area contributed by atoms with Crippen molar-refractivity contribution >= 4 is 23.4 Å². The zero-order chi connectivity index (χ0) is 9.84. The molecule has 72 valence electrons. The van der Waals surface area contributed by atoms with Crippen molar-refractivity contribution in [1.82, 2.24) is 9.97 Å². The van der Waals surface area contributed by atoms with E-state index in [1.807, 2.05) is 6.07 Å². The molecular formula is C9H13ClN2S. The summed E-state index contributed by atoms with van der Waals surface area (Å²) in [4.78, 5) is 7.95. The molecule has 1 unspecified atom stereocenters. The van der Waals surface area contributed by atoms with Crippen molar-refractivity contribution in [2.75, 3.05) is 0 Å². The molecule has 0 aliphatic heterocycles. The number of thioether (sulfide) groups is 1. The highest BCUT2D eigenvalue weighted by Gasteiger charge is 2.09. The number of nitrogens with zero attached hydrogens (tertiary/aromatic N) is 2. The van der Waals surface area contributed by atoms with E-state index in [1.54, 1.807) is 18.0 Å². The lowest BCUT2D eigenvalue weighted by molar-refractivity contribution is 0.641. The number of rotatable bonds is 3. The van der Waals surface area contributed by atoms with E-state index < -0.39 is 0 Å². The summed E-state index contributed by atoms with van der Waals surface area (Å²) in [6.07, 6.45) is 1.69. The van der Waals surface area contributed by atoms with Gasteiger partial charge >= 0.3 is 0 Å². The van der Waals surface area contributed by atoms with Crippen LogP contribution in [-0.2, 0) is 0 Å². The van der Waals surface area contributed by atoms with Crippen LogP contribution in [0.5, 0.6) is 0 Å². The van der Waals surface area contributed by atoms with Crippen LogP contribution < -0.4 is 0 Å². The first-order valence-corrected chi connectivity index (χ1v) is 5.50. The monoisotopic (exact) mass is 216 g/mol. The quantitative estimate of drug-likeness (QED) is 0.441. The molecule has 0 saturated carbocycles. The van der Waals surface area contributed by atoms with Gasteiger partial charge in [-0.15, -0.1) is 11.8 Å². The van der Waals surface area contributed by atoms with Crippen LogP contribution in [-0.4, -0.2) is 15.2 Å². The Bertz CT molecular complexity index is 278. The fraction of sp³-hybridized carbons (Fsp3) is 0.556. The largest absolute Gasteiger partial charge is 0.226 e. The molecular weight excluding hydrogens is 204 g/mol. The Morgan fingerprint density at radius 2 is 2.08 bits per heavy atom. The molecule has 0 spiro atoms. The average Bonchev–Trinajstić information content (AvgIpc) is 2.04. The molecule has 1 rings (SSSR count). The van der Waals surface area contributed by atoms with Crippen LogP contribution in [0, 0.1) is 5.92 Å². The lowest BCUT2D eigenvalue weighted by Crippen LogP contribution is -2.05. The molecule has 0 aliphatic rings. The highest BCUT2D eigenvalue weighted by atomic mass is 35.5. The molecule has 0 amide bonds. The molecule has 0 aliphatic carbocycles. The SMILES string of the molecule is CC(C)C(C)Sc1ccnc(Cl)n1. The number of aromatic nitrogens is 2. The topological polar surface area (TPSA) is 25.8 Å². The van der Waals surface area contributed by atoms with Gasteiger partial charge in [-0.2, -0.15) is 0 Å². The van der Waals surface area contributed by atoms with Crippen molar-refractivity contribution in [2.24, 2.45) is 5.92 Å². The van der Waals surface area contributed by atoms with Crippen molar-refractivity contribution in [2.45, 2.75) is 31.0 Å². The molecule has 0 bridgehead atoms. The maximum absolute atomic E-state index is 5.67. The van der Waals surface area contributed by atoms with Gasteiger partial charge in [-0.3, -0.25) is 0 Å². The van der Waals surface area contributed by atoms with Crippen molar-refractivity contribution in [3.8, 4) is 0 Å². The summed E-state index contributed by atoms with van der Waals surface area (Å²) >= 11 is 7.40. The highest BCUT2D eigenvalue weighted by Crippen LogP contribution is 2.26. The van der Waals surface area contributed by atoms with Crippen LogP contribution in [0.3, 0.4) is 0 Å². The highest BCUT2D eigenvalue weighted by molar-refractivity contribution is 7.99. The minimum absolute atomic E-state index is 0.320. The molecule has 2 nitrogen and oxygen atoms in total. The maximum Gasteiger partial charge on any atom is 0.223 e. The van der Waals surface area contributed by atoms with Gasteiger partial charge in [-0.25, -0.2) is 9.97 Å². The lowest BCUT2D eigenvalue weighted by Gasteiger charge is -2.13. The Hall–Kier alpha value is -0.280. The second-order valence-electron chi connectivity index (χ2n) is 3.23. The molecule has 0 radical (unpaired) electrons. The first kappa shape index (κ1) is 10.8. The van der Waals surface area contributed by atoms with E-state index in [2.05, 4.69) is 30.7 Å². The summed E-state index contributed by atoms with van der Waals surface area (Å²) in [5.74, 6) is 0.638. The number of halogens is 1. The van der Waals surface area contributed by atoms with Crippen molar-refractivity contribution < 1.29 is 0 Å². The van der Waals surface area contributed by atoms with Crippen LogP contribution in [0.4, 0.5) is 0 Å². The van der Waals surface area contributed by atoms with Gasteiger partial charge in [0.2, 0.25) is 5.28 Å². The smallest absolute Gasteiger partial charge is 0.223 e. The predicted octanol–water partition coefficient (Wildman–Crippen LogP) is 3.27. The van der Waals surface area contributed by atoms with E-state index in [1.165, 1.54) is 0 Å². The molecule has 0 fully saturated rings. The van der Waals surface area contributed by atoms with Crippen LogP contribution in [0.1, 0.15) is 20.8 Å². The Kier molecular flexibility index (Phi) is 4.00. The molecule has 1 aromatic heterocycles. The Balaban J connectivity index is 2.64. The predicted molar refractivity (Wildman–Crippen MR) is 57.2 cm³/mol. The first-order chi connectivity index (χ1) is 6.09. The molecule has 0 aromatic carbocycles. The Morgan fingerprint density at radius 3 is 2.62 bits per heavy atom. The van der Waals surface area contributed by atoms with Crippen molar-refractivity contribution in [3.63, 3.8) is 0 Å². The molecule has 1 aromatic rings. The maximum atomic E-state index is 5.67. The fourth-order valence-electron chi connectivity index (χ4n) is 0.712. The van der Waals surface area contributed by atoms with Crippen LogP contribution in [0.25, 0.3) is 0 Å². The van der Waals surface area contributed by atoms with E-state index in [4.69, 9.17) is 11.6 Å². The molecule has 0 saturated heterocycles. The van der Waals surface area contributed by atoms with E-state index in [-0.39, 0.29) is 0 Å². The molecule has 0 N–H and O–H groups in total. The zero-order valence-corrected chi connectivity index (χ0v) is 9.56. The van der Waals surface area contributed by atoms with Crippen molar-refractivity contribution in [1.29, 1.82) is 0 Å². The van der Waals surface area contributed by atoms with E-state index in [0.717, 1.165) is 5.03 Å². The van der Waals surface area contributed by atoms with Crippen LogP contribution in [0.2, 0.25) is 5.28 Å². The van der Waals surface area contributed by atoms with Gasteiger partial charge in [0, 0.05) is 11.4 Å². The second-order valence-corrected chi connectivity index (χ2v) is 4.97. The van der Waals surface area contributed by atoms with Gasteiger partial charge in [0.1, 0.15) is 5.03 Å². The summed E-state index contributed by atoms with van der Waals surface area (Å²) in [5.41, 5.74) is 0. The third kappa shape index (κ3) is 3.53. The third-order valence-corrected chi connectivity index (χ3v) is 3.41. The average molecular weight is 217 g/mol. The molecule has 1 atom stereocenters. The molecule has 4 heteroatoms. The zero-order valence-electron chi connectivity index (χ0n) is 7.99. The number of hydrogen-bond donors (Lipinski definition) is 0. The van der Waals surface area contributed by atoms with Gasteiger partial charge in [-0.05, 0) is 23.6 Å². The van der Waals surface area contributed by atoms with Gasteiger partial charge in [0.15, 0.2) is 0 Å². The third-order valence-electron chi connectivity index (χ3n) is 1.85. The Labute approximate surface area is 88.1 Å². The summed E-state index contributed by atoms with van der Waals surface area (Å²) in [5, 5.41) is 1.81. The van der Waals surface area contributed by atoms with Gasteiger partial charge in [0.05, 0.1) is 0 Å². The van der Waals surface area contributed by atoms with E-state index in [0.29, 0.717) is 16.5 Å². The minimum atomic E-state index is 0.320. The molecule has 13 heavy (non-hydrogen) atoms. The van der Waals surface area contributed by atoms with E-state index in [9.17, 15) is 0 Å². The first-order valence-electron chi connectivity index (χ1n) is 4.25.